The predicted molar refractivity (Wildman–Crippen MR) is 100 cm³/mol. The second-order valence-electron chi connectivity index (χ2n) is 8.55. The molecule has 3 fully saturated rings. The fraction of sp³-hybridized carbons (Fsp3) is 0.700. The zero-order valence-corrected chi connectivity index (χ0v) is 16.2. The minimum absolute atomic E-state index is 0.0595. The van der Waals surface area contributed by atoms with Crippen LogP contribution >= 0.6 is 0 Å². The van der Waals surface area contributed by atoms with E-state index >= 15 is 0 Å². The van der Waals surface area contributed by atoms with E-state index in [1.165, 1.54) is 23.6 Å². The summed E-state index contributed by atoms with van der Waals surface area (Å²) < 4.78 is 1.23. The second-order valence-corrected chi connectivity index (χ2v) is 8.55. The van der Waals surface area contributed by atoms with Gasteiger partial charge in [0.1, 0.15) is 6.54 Å². The molecule has 4 rings (SSSR count). The van der Waals surface area contributed by atoms with Gasteiger partial charge in [-0.1, -0.05) is 0 Å². The highest BCUT2D eigenvalue weighted by atomic mass is 16.2. The van der Waals surface area contributed by atoms with Gasteiger partial charge in [-0.2, -0.15) is 5.10 Å². The van der Waals surface area contributed by atoms with Crippen molar-refractivity contribution >= 4 is 11.8 Å². The predicted octanol–water partition coefficient (Wildman–Crippen LogP) is 1.11. The zero-order chi connectivity index (χ0) is 19.2. The van der Waals surface area contributed by atoms with E-state index < -0.39 is 5.41 Å². The van der Waals surface area contributed by atoms with Crippen molar-refractivity contribution in [2.75, 3.05) is 26.2 Å². The van der Waals surface area contributed by atoms with Gasteiger partial charge < -0.3 is 9.80 Å². The molecule has 3 aliphatic rings. The number of aryl methyl sites for hydroxylation is 2. The largest absolute Gasteiger partial charge is 0.342 e. The SMILES string of the molecule is Cc1cc(=O)n(CC(=O)N2CC[C@@]3(CCCN(CC4CC4)C3=O)C2)nc1C. The molecule has 1 spiro atoms. The summed E-state index contributed by atoms with van der Waals surface area (Å²) in [6.45, 7) is 6.41. The third kappa shape index (κ3) is 3.51. The Labute approximate surface area is 159 Å². The molecule has 1 aromatic heterocycles. The maximum absolute atomic E-state index is 13.1. The standard InChI is InChI=1S/C20H28N4O3/c1-14-10-17(25)24(21-15(14)2)12-18(26)23-9-7-20(13-23)6-3-8-22(19(20)27)11-16-4-5-16/h10,16H,3-9,11-13H2,1-2H3/t20-/m0/s1. The van der Waals surface area contributed by atoms with Crippen molar-refractivity contribution in [3.63, 3.8) is 0 Å². The van der Waals surface area contributed by atoms with Crippen LogP contribution in [0.25, 0.3) is 0 Å². The van der Waals surface area contributed by atoms with Crippen molar-refractivity contribution in [3.05, 3.63) is 27.7 Å². The summed E-state index contributed by atoms with van der Waals surface area (Å²) in [5.41, 5.74) is 0.903. The molecule has 0 bridgehead atoms. The maximum Gasteiger partial charge on any atom is 0.267 e. The molecule has 0 radical (unpaired) electrons. The van der Waals surface area contributed by atoms with Gasteiger partial charge in [0.15, 0.2) is 0 Å². The minimum atomic E-state index is -0.412. The van der Waals surface area contributed by atoms with Crippen LogP contribution in [0.2, 0.25) is 0 Å². The third-order valence-electron chi connectivity index (χ3n) is 6.43. The number of carbonyl (C=O) groups is 2. The zero-order valence-electron chi connectivity index (χ0n) is 16.2. The first kappa shape index (κ1) is 18.2. The molecule has 146 valence electrons. The highest BCUT2D eigenvalue weighted by Crippen LogP contribution is 2.41. The number of likely N-dealkylation sites (tertiary alicyclic amines) is 2. The fourth-order valence-corrected chi connectivity index (χ4v) is 4.42. The van der Waals surface area contributed by atoms with Crippen LogP contribution in [0.4, 0.5) is 0 Å². The minimum Gasteiger partial charge on any atom is -0.342 e. The molecule has 1 saturated carbocycles. The van der Waals surface area contributed by atoms with Crippen molar-refractivity contribution in [1.29, 1.82) is 0 Å². The molecular weight excluding hydrogens is 344 g/mol. The Kier molecular flexibility index (Phi) is 4.56. The lowest BCUT2D eigenvalue weighted by Gasteiger charge is -2.39. The summed E-state index contributed by atoms with van der Waals surface area (Å²) in [6, 6.07) is 1.52. The van der Waals surface area contributed by atoms with Crippen LogP contribution in [-0.2, 0) is 16.1 Å². The molecule has 1 atom stereocenters. The Hall–Kier alpha value is -2.18. The van der Waals surface area contributed by atoms with Crippen LogP contribution in [0.1, 0.15) is 43.4 Å². The molecule has 27 heavy (non-hydrogen) atoms. The molecule has 0 N–H and O–H groups in total. The molecule has 1 aliphatic carbocycles. The van der Waals surface area contributed by atoms with Gasteiger partial charge in [-0.25, -0.2) is 4.68 Å². The molecule has 3 heterocycles. The summed E-state index contributed by atoms with van der Waals surface area (Å²) in [6.07, 6.45) is 5.07. The van der Waals surface area contributed by atoms with Crippen LogP contribution in [0, 0.1) is 25.2 Å². The van der Waals surface area contributed by atoms with E-state index in [1.54, 1.807) is 4.90 Å². The molecule has 1 aromatic rings. The number of nitrogens with zero attached hydrogens (tertiary/aromatic N) is 4. The quantitative estimate of drug-likeness (QED) is 0.793. The number of hydrogen-bond acceptors (Lipinski definition) is 4. The summed E-state index contributed by atoms with van der Waals surface area (Å²) in [5, 5.41) is 4.24. The number of rotatable bonds is 4. The number of amides is 2. The number of carbonyl (C=O) groups excluding carboxylic acids is 2. The van der Waals surface area contributed by atoms with E-state index in [0.29, 0.717) is 19.0 Å². The van der Waals surface area contributed by atoms with Gasteiger partial charge in [0.2, 0.25) is 11.8 Å². The van der Waals surface area contributed by atoms with Crippen LogP contribution in [0.3, 0.4) is 0 Å². The van der Waals surface area contributed by atoms with Gasteiger partial charge in [0, 0.05) is 32.2 Å². The topological polar surface area (TPSA) is 75.5 Å². The van der Waals surface area contributed by atoms with Gasteiger partial charge in [0.05, 0.1) is 11.1 Å². The lowest BCUT2D eigenvalue weighted by molar-refractivity contribution is -0.146. The number of hydrogen-bond donors (Lipinski definition) is 0. The van der Waals surface area contributed by atoms with Crippen molar-refractivity contribution < 1.29 is 9.59 Å². The Morgan fingerprint density at radius 1 is 1.22 bits per heavy atom. The molecule has 0 unspecified atom stereocenters. The monoisotopic (exact) mass is 372 g/mol. The smallest absolute Gasteiger partial charge is 0.267 e. The highest BCUT2D eigenvalue weighted by Gasteiger charge is 2.49. The first-order valence-corrected chi connectivity index (χ1v) is 10.0. The lowest BCUT2D eigenvalue weighted by Crippen LogP contribution is -2.51. The average molecular weight is 372 g/mol. The van der Waals surface area contributed by atoms with Crippen LogP contribution < -0.4 is 5.56 Å². The van der Waals surface area contributed by atoms with Crippen molar-refractivity contribution in [3.8, 4) is 0 Å². The number of piperidine rings is 1. The van der Waals surface area contributed by atoms with Crippen LogP contribution in [0.5, 0.6) is 0 Å². The van der Waals surface area contributed by atoms with Gasteiger partial charge in [-0.05, 0) is 57.4 Å². The number of aromatic nitrogens is 2. The molecule has 2 amide bonds. The molecule has 7 heteroatoms. The third-order valence-corrected chi connectivity index (χ3v) is 6.43. The van der Waals surface area contributed by atoms with Gasteiger partial charge in [0.25, 0.3) is 5.56 Å². The van der Waals surface area contributed by atoms with Gasteiger partial charge in [-0.15, -0.1) is 0 Å². The first-order valence-electron chi connectivity index (χ1n) is 10.0. The maximum atomic E-state index is 13.1. The van der Waals surface area contributed by atoms with Gasteiger partial charge >= 0.3 is 0 Å². The summed E-state index contributed by atoms with van der Waals surface area (Å²) in [5.74, 6) is 0.792. The Morgan fingerprint density at radius 3 is 2.74 bits per heavy atom. The van der Waals surface area contributed by atoms with E-state index in [4.69, 9.17) is 0 Å². The van der Waals surface area contributed by atoms with Crippen LogP contribution in [0.15, 0.2) is 10.9 Å². The van der Waals surface area contributed by atoms with E-state index in [9.17, 15) is 14.4 Å². The fourth-order valence-electron chi connectivity index (χ4n) is 4.42. The van der Waals surface area contributed by atoms with E-state index in [0.717, 1.165) is 43.6 Å². The molecule has 7 nitrogen and oxygen atoms in total. The Balaban J connectivity index is 1.44. The normalized spacial score (nSPS) is 25.5. The second kappa shape index (κ2) is 6.77. The van der Waals surface area contributed by atoms with E-state index in [1.807, 2.05) is 18.7 Å². The lowest BCUT2D eigenvalue weighted by atomic mass is 9.78. The van der Waals surface area contributed by atoms with E-state index in [2.05, 4.69) is 5.10 Å². The van der Waals surface area contributed by atoms with Crippen molar-refractivity contribution in [1.82, 2.24) is 19.6 Å². The summed E-state index contributed by atoms with van der Waals surface area (Å²) in [7, 11) is 0. The molecular formula is C20H28N4O3. The molecule has 2 aliphatic heterocycles. The van der Waals surface area contributed by atoms with Crippen LogP contribution in [-0.4, -0.2) is 57.6 Å². The molecule has 0 aromatic carbocycles. The summed E-state index contributed by atoms with van der Waals surface area (Å²) in [4.78, 5) is 41.8. The van der Waals surface area contributed by atoms with Crippen molar-refractivity contribution in [2.45, 2.75) is 52.5 Å². The average Bonchev–Trinajstić information content (AvgIpc) is 3.34. The first-order chi connectivity index (χ1) is 12.9. The highest BCUT2D eigenvalue weighted by molar-refractivity contribution is 5.86. The van der Waals surface area contributed by atoms with Crippen molar-refractivity contribution in [2.24, 2.45) is 11.3 Å². The Morgan fingerprint density at radius 2 is 2.00 bits per heavy atom. The molecule has 2 saturated heterocycles. The van der Waals surface area contributed by atoms with E-state index in [-0.39, 0.29) is 23.9 Å². The Bertz CT molecular complexity index is 829. The van der Waals surface area contributed by atoms with Gasteiger partial charge in [-0.3, -0.25) is 14.4 Å². The summed E-state index contributed by atoms with van der Waals surface area (Å²) >= 11 is 0.